The Kier molecular flexibility index (Phi) is 4.51. The molecule has 1 amide bonds. The molecule has 0 bridgehead atoms. The van der Waals surface area contributed by atoms with E-state index in [1.165, 1.54) is 44.1 Å². The second kappa shape index (κ2) is 6.55. The molecule has 22 heavy (non-hydrogen) atoms. The minimum Gasteiger partial charge on any atom is -0.366 e. The van der Waals surface area contributed by atoms with E-state index in [2.05, 4.69) is 29.7 Å². The molecule has 0 spiro atoms. The molecule has 1 saturated carbocycles. The smallest absolute Gasteiger partial charge is 0.250 e. The summed E-state index contributed by atoms with van der Waals surface area (Å²) in [5, 5.41) is 1.08. The van der Waals surface area contributed by atoms with Gasteiger partial charge in [0, 0.05) is 23.6 Å². The first-order valence-corrected chi connectivity index (χ1v) is 8.61. The van der Waals surface area contributed by atoms with Crippen LogP contribution in [0.5, 0.6) is 0 Å². The van der Waals surface area contributed by atoms with Crippen molar-refractivity contribution in [2.45, 2.75) is 58.4 Å². The summed E-state index contributed by atoms with van der Waals surface area (Å²) in [5.41, 5.74) is 8.70. The Bertz CT molecular complexity index is 665. The third-order valence-electron chi connectivity index (χ3n) is 5.15. The summed E-state index contributed by atoms with van der Waals surface area (Å²) in [7, 11) is 0. The number of hydrogen-bond acceptors (Lipinski definition) is 1. The second-order valence-corrected chi connectivity index (χ2v) is 6.55. The highest BCUT2D eigenvalue weighted by atomic mass is 16.1. The minimum absolute atomic E-state index is 0.317. The van der Waals surface area contributed by atoms with Gasteiger partial charge in [0.15, 0.2) is 0 Å². The number of nitrogens with zero attached hydrogens (tertiary/aromatic N) is 1. The standard InChI is InChI=1S/C19H26N2O/c1-2-21-13-16(19(20)22)18-15(9-6-10-17(18)21)12-11-14-7-4-3-5-8-14/h6,9-10,13-14H,2-5,7-8,11-12H2,1H3,(H2,20,22). The lowest BCUT2D eigenvalue weighted by Crippen LogP contribution is -2.11. The van der Waals surface area contributed by atoms with Crippen LogP contribution in [0.25, 0.3) is 10.9 Å². The Morgan fingerprint density at radius 1 is 1.27 bits per heavy atom. The van der Waals surface area contributed by atoms with Crippen molar-refractivity contribution in [3.8, 4) is 0 Å². The Labute approximate surface area is 132 Å². The first kappa shape index (κ1) is 15.1. The fourth-order valence-corrected chi connectivity index (χ4v) is 3.92. The maximum absolute atomic E-state index is 11.8. The number of fused-ring (bicyclic) bond motifs is 1. The van der Waals surface area contributed by atoms with Crippen LogP contribution >= 0.6 is 0 Å². The molecule has 3 heteroatoms. The van der Waals surface area contributed by atoms with Crippen LogP contribution in [-0.4, -0.2) is 10.5 Å². The SMILES string of the molecule is CCn1cc(C(N)=O)c2c(CCC3CCCCC3)cccc21. The molecule has 1 fully saturated rings. The minimum atomic E-state index is -0.317. The van der Waals surface area contributed by atoms with E-state index in [9.17, 15) is 4.79 Å². The fourth-order valence-electron chi connectivity index (χ4n) is 3.92. The van der Waals surface area contributed by atoms with Gasteiger partial charge >= 0.3 is 0 Å². The van der Waals surface area contributed by atoms with Crippen LogP contribution in [0.4, 0.5) is 0 Å². The summed E-state index contributed by atoms with van der Waals surface area (Å²) in [5.74, 6) is 0.539. The van der Waals surface area contributed by atoms with E-state index in [0.717, 1.165) is 29.8 Å². The van der Waals surface area contributed by atoms with Gasteiger partial charge < -0.3 is 10.3 Å². The molecule has 2 aromatic rings. The van der Waals surface area contributed by atoms with Gasteiger partial charge in [-0.2, -0.15) is 0 Å². The van der Waals surface area contributed by atoms with Crippen LogP contribution < -0.4 is 5.73 Å². The molecule has 1 aromatic carbocycles. The lowest BCUT2D eigenvalue weighted by Gasteiger charge is -2.21. The molecule has 3 rings (SSSR count). The van der Waals surface area contributed by atoms with Crippen LogP contribution in [0.2, 0.25) is 0 Å². The molecule has 0 unspecified atom stereocenters. The lowest BCUT2D eigenvalue weighted by molar-refractivity contribution is 0.100. The summed E-state index contributed by atoms with van der Waals surface area (Å²) in [6.45, 7) is 2.95. The van der Waals surface area contributed by atoms with Gasteiger partial charge in [-0.15, -0.1) is 0 Å². The highest BCUT2D eigenvalue weighted by Crippen LogP contribution is 2.30. The molecule has 1 aromatic heterocycles. The van der Waals surface area contributed by atoms with Crippen LogP contribution in [0.15, 0.2) is 24.4 Å². The van der Waals surface area contributed by atoms with Crippen molar-refractivity contribution in [2.75, 3.05) is 0 Å². The predicted octanol–water partition coefficient (Wildman–Crippen LogP) is 4.27. The van der Waals surface area contributed by atoms with Gasteiger partial charge in [0.25, 0.3) is 5.91 Å². The van der Waals surface area contributed by atoms with E-state index in [1.54, 1.807) is 0 Å². The maximum atomic E-state index is 11.8. The monoisotopic (exact) mass is 298 g/mol. The quantitative estimate of drug-likeness (QED) is 0.880. The molecule has 0 atom stereocenters. The molecule has 3 nitrogen and oxygen atoms in total. The molecular weight excluding hydrogens is 272 g/mol. The molecule has 1 heterocycles. The van der Waals surface area contributed by atoms with Crippen molar-refractivity contribution < 1.29 is 4.79 Å². The normalized spacial score (nSPS) is 16.2. The second-order valence-electron chi connectivity index (χ2n) is 6.55. The first-order valence-electron chi connectivity index (χ1n) is 8.61. The van der Waals surface area contributed by atoms with Gasteiger partial charge in [0.2, 0.25) is 0 Å². The highest BCUT2D eigenvalue weighted by molar-refractivity contribution is 6.07. The summed E-state index contributed by atoms with van der Waals surface area (Å²) in [6.07, 6.45) is 11.1. The van der Waals surface area contributed by atoms with Gasteiger partial charge in [0.1, 0.15) is 0 Å². The van der Waals surface area contributed by atoms with E-state index in [0.29, 0.717) is 5.56 Å². The van der Waals surface area contributed by atoms with Gasteiger partial charge in [-0.1, -0.05) is 44.2 Å². The zero-order valence-corrected chi connectivity index (χ0v) is 13.5. The number of rotatable bonds is 5. The molecule has 1 aliphatic rings. The Morgan fingerprint density at radius 2 is 2.05 bits per heavy atom. The number of primary amides is 1. The van der Waals surface area contributed by atoms with Crippen LogP contribution in [0, 0.1) is 5.92 Å². The zero-order valence-electron chi connectivity index (χ0n) is 13.5. The number of benzene rings is 1. The topological polar surface area (TPSA) is 48.0 Å². The van der Waals surface area contributed by atoms with Gasteiger partial charge in [-0.3, -0.25) is 4.79 Å². The van der Waals surface area contributed by atoms with Gasteiger partial charge in [-0.25, -0.2) is 0 Å². The van der Waals surface area contributed by atoms with Crippen LogP contribution in [0.1, 0.15) is 61.4 Å². The predicted molar refractivity (Wildman–Crippen MR) is 91.0 cm³/mol. The third kappa shape index (κ3) is 2.90. The number of hydrogen-bond donors (Lipinski definition) is 1. The summed E-state index contributed by atoms with van der Waals surface area (Å²) in [6, 6.07) is 6.36. The number of carbonyl (C=O) groups is 1. The van der Waals surface area contributed by atoms with E-state index >= 15 is 0 Å². The summed E-state index contributed by atoms with van der Waals surface area (Å²) < 4.78 is 2.12. The zero-order chi connectivity index (χ0) is 15.5. The molecule has 118 valence electrons. The lowest BCUT2D eigenvalue weighted by atomic mass is 9.85. The average molecular weight is 298 g/mol. The number of carbonyl (C=O) groups excluding carboxylic acids is 1. The molecule has 1 aliphatic carbocycles. The third-order valence-corrected chi connectivity index (χ3v) is 5.15. The Morgan fingerprint density at radius 3 is 2.73 bits per heavy atom. The molecule has 0 radical (unpaired) electrons. The largest absolute Gasteiger partial charge is 0.366 e. The van der Waals surface area contributed by atoms with Gasteiger partial charge in [-0.05, 0) is 37.3 Å². The van der Waals surface area contributed by atoms with E-state index in [-0.39, 0.29) is 5.91 Å². The molecular formula is C19H26N2O. The number of aryl methyl sites for hydroxylation is 2. The molecule has 2 N–H and O–H groups in total. The van der Waals surface area contributed by atoms with Gasteiger partial charge in [0.05, 0.1) is 5.56 Å². The van der Waals surface area contributed by atoms with E-state index in [4.69, 9.17) is 5.73 Å². The fraction of sp³-hybridized carbons (Fsp3) is 0.526. The number of aromatic nitrogens is 1. The number of nitrogens with two attached hydrogens (primary N) is 1. The summed E-state index contributed by atoms with van der Waals surface area (Å²) in [4.78, 5) is 11.8. The highest BCUT2D eigenvalue weighted by Gasteiger charge is 2.17. The van der Waals surface area contributed by atoms with Crippen molar-refractivity contribution in [3.05, 3.63) is 35.5 Å². The van der Waals surface area contributed by atoms with Crippen LogP contribution in [-0.2, 0) is 13.0 Å². The van der Waals surface area contributed by atoms with Crippen LogP contribution in [0.3, 0.4) is 0 Å². The van der Waals surface area contributed by atoms with Crippen molar-refractivity contribution >= 4 is 16.8 Å². The number of amides is 1. The molecule has 0 aliphatic heterocycles. The first-order chi connectivity index (χ1) is 10.7. The van der Waals surface area contributed by atoms with Crippen molar-refractivity contribution in [1.29, 1.82) is 0 Å². The van der Waals surface area contributed by atoms with E-state index < -0.39 is 0 Å². The van der Waals surface area contributed by atoms with Crippen molar-refractivity contribution in [1.82, 2.24) is 4.57 Å². The Hall–Kier alpha value is -1.77. The average Bonchev–Trinajstić information content (AvgIpc) is 2.93. The Balaban J connectivity index is 1.91. The van der Waals surface area contributed by atoms with Crippen molar-refractivity contribution in [2.24, 2.45) is 11.7 Å². The summed E-state index contributed by atoms with van der Waals surface area (Å²) >= 11 is 0. The van der Waals surface area contributed by atoms with Crippen molar-refractivity contribution in [3.63, 3.8) is 0 Å². The maximum Gasteiger partial charge on any atom is 0.250 e. The molecule has 0 saturated heterocycles. The van der Waals surface area contributed by atoms with E-state index in [1.807, 2.05) is 6.20 Å².